The third-order valence-electron chi connectivity index (χ3n) is 2.91. The summed E-state index contributed by atoms with van der Waals surface area (Å²) in [5, 5.41) is 0. The summed E-state index contributed by atoms with van der Waals surface area (Å²) in [6.07, 6.45) is 5.61. The molecule has 1 saturated heterocycles. The molecule has 0 radical (unpaired) electrons. The molecule has 0 amide bonds. The summed E-state index contributed by atoms with van der Waals surface area (Å²) in [7, 11) is 0. The topological polar surface area (TPSA) is 31.2 Å². The minimum absolute atomic E-state index is 0.155. The van der Waals surface area contributed by atoms with Gasteiger partial charge in [0.25, 0.3) is 5.56 Å². The predicted molar refractivity (Wildman–Crippen MR) is 58.9 cm³/mol. The fraction of sp³-hybridized carbons (Fsp3) is 0.583. The van der Waals surface area contributed by atoms with Crippen LogP contribution < -0.4 is 5.56 Å². The molecule has 1 aliphatic rings. The van der Waals surface area contributed by atoms with E-state index < -0.39 is 0 Å². The van der Waals surface area contributed by atoms with Gasteiger partial charge < -0.3 is 9.30 Å². The largest absolute Gasteiger partial charge is 0.378 e. The second kappa shape index (κ2) is 5.25. The fourth-order valence-corrected chi connectivity index (χ4v) is 2.00. The van der Waals surface area contributed by atoms with E-state index in [4.69, 9.17) is 4.74 Å². The van der Waals surface area contributed by atoms with Crippen LogP contribution in [0.5, 0.6) is 0 Å². The maximum atomic E-state index is 12.9. The molecule has 0 N–H and O–H groups in total. The third-order valence-corrected chi connectivity index (χ3v) is 2.91. The van der Waals surface area contributed by atoms with Gasteiger partial charge in [-0.1, -0.05) is 0 Å². The van der Waals surface area contributed by atoms with Crippen molar-refractivity contribution in [2.75, 3.05) is 6.61 Å². The Morgan fingerprint density at radius 1 is 1.44 bits per heavy atom. The molecule has 1 fully saturated rings. The lowest BCUT2D eigenvalue weighted by Gasteiger charge is -2.22. The lowest BCUT2D eigenvalue weighted by molar-refractivity contribution is 0.00862. The first-order chi connectivity index (χ1) is 7.75. The van der Waals surface area contributed by atoms with Crippen molar-refractivity contribution >= 4 is 0 Å². The Morgan fingerprint density at radius 2 is 2.31 bits per heavy atom. The standard InChI is InChI=1S/C12H16FNO2/c13-10-4-5-12(15)14(9-10)7-6-11-3-1-2-8-16-11/h4-5,9,11H,1-3,6-8H2. The molecule has 3 nitrogen and oxygen atoms in total. The van der Waals surface area contributed by atoms with E-state index in [1.165, 1.54) is 29.3 Å². The minimum atomic E-state index is -0.371. The van der Waals surface area contributed by atoms with Gasteiger partial charge in [-0.05, 0) is 31.7 Å². The van der Waals surface area contributed by atoms with Crippen LogP contribution in [0.4, 0.5) is 4.39 Å². The normalized spacial score (nSPS) is 20.9. The number of rotatable bonds is 3. The molecule has 1 unspecified atom stereocenters. The highest BCUT2D eigenvalue weighted by Crippen LogP contribution is 2.15. The predicted octanol–water partition coefficient (Wildman–Crippen LogP) is 1.95. The van der Waals surface area contributed by atoms with Crippen molar-refractivity contribution in [3.05, 3.63) is 34.5 Å². The summed E-state index contributed by atoms with van der Waals surface area (Å²) in [6, 6.07) is 2.45. The molecule has 0 spiro atoms. The van der Waals surface area contributed by atoms with E-state index in [1.807, 2.05) is 0 Å². The molecular formula is C12H16FNO2. The number of aryl methyl sites for hydroxylation is 1. The first-order valence-electron chi connectivity index (χ1n) is 5.73. The second-order valence-electron chi connectivity index (χ2n) is 4.16. The van der Waals surface area contributed by atoms with E-state index in [0.717, 1.165) is 25.9 Å². The van der Waals surface area contributed by atoms with E-state index in [-0.39, 0.29) is 17.5 Å². The highest BCUT2D eigenvalue weighted by Gasteiger charge is 2.13. The molecule has 1 aromatic rings. The van der Waals surface area contributed by atoms with Gasteiger partial charge in [0, 0.05) is 25.4 Å². The van der Waals surface area contributed by atoms with Gasteiger partial charge in [-0.3, -0.25) is 4.79 Å². The Hall–Kier alpha value is -1.16. The van der Waals surface area contributed by atoms with Crippen LogP contribution in [0.2, 0.25) is 0 Å². The van der Waals surface area contributed by atoms with Gasteiger partial charge >= 0.3 is 0 Å². The number of halogens is 1. The van der Waals surface area contributed by atoms with Crippen molar-refractivity contribution in [2.24, 2.45) is 0 Å². The lowest BCUT2D eigenvalue weighted by Crippen LogP contribution is -2.25. The zero-order chi connectivity index (χ0) is 11.4. The van der Waals surface area contributed by atoms with Crippen molar-refractivity contribution in [2.45, 2.75) is 38.3 Å². The first-order valence-corrected chi connectivity index (χ1v) is 5.73. The summed E-state index contributed by atoms with van der Waals surface area (Å²) in [4.78, 5) is 11.4. The Balaban J connectivity index is 1.93. The molecule has 16 heavy (non-hydrogen) atoms. The molecular weight excluding hydrogens is 209 g/mol. The summed E-state index contributed by atoms with van der Waals surface area (Å²) < 4.78 is 19.9. The van der Waals surface area contributed by atoms with Crippen LogP contribution in [0.15, 0.2) is 23.1 Å². The van der Waals surface area contributed by atoms with Crippen LogP contribution in [0, 0.1) is 5.82 Å². The van der Waals surface area contributed by atoms with Crippen molar-refractivity contribution in [1.29, 1.82) is 0 Å². The zero-order valence-electron chi connectivity index (χ0n) is 9.19. The number of pyridine rings is 1. The van der Waals surface area contributed by atoms with Crippen molar-refractivity contribution in [1.82, 2.24) is 4.57 Å². The van der Waals surface area contributed by atoms with Crippen LogP contribution >= 0.6 is 0 Å². The molecule has 1 atom stereocenters. The summed E-state index contributed by atoms with van der Waals surface area (Å²) in [6.45, 7) is 1.34. The maximum Gasteiger partial charge on any atom is 0.250 e. The molecule has 1 aromatic heterocycles. The van der Waals surface area contributed by atoms with Crippen LogP contribution in [-0.4, -0.2) is 17.3 Å². The van der Waals surface area contributed by atoms with Gasteiger partial charge in [0.1, 0.15) is 5.82 Å². The Labute approximate surface area is 93.9 Å². The average molecular weight is 225 g/mol. The maximum absolute atomic E-state index is 12.9. The smallest absolute Gasteiger partial charge is 0.250 e. The Morgan fingerprint density at radius 3 is 3.06 bits per heavy atom. The molecule has 0 bridgehead atoms. The van der Waals surface area contributed by atoms with Gasteiger partial charge in [0.2, 0.25) is 0 Å². The van der Waals surface area contributed by atoms with Crippen molar-refractivity contribution in [3.8, 4) is 0 Å². The molecule has 2 heterocycles. The second-order valence-corrected chi connectivity index (χ2v) is 4.16. The summed E-state index contributed by atoms with van der Waals surface area (Å²) in [5.74, 6) is -0.371. The van der Waals surface area contributed by atoms with Gasteiger partial charge in [-0.2, -0.15) is 0 Å². The van der Waals surface area contributed by atoms with Crippen LogP contribution in [0.25, 0.3) is 0 Å². The molecule has 0 saturated carbocycles. The molecule has 2 rings (SSSR count). The molecule has 0 aromatic carbocycles. The molecule has 88 valence electrons. The number of aromatic nitrogens is 1. The van der Waals surface area contributed by atoms with Crippen LogP contribution in [-0.2, 0) is 11.3 Å². The first kappa shape index (κ1) is 11.3. The summed E-state index contributed by atoms with van der Waals surface area (Å²) >= 11 is 0. The van der Waals surface area contributed by atoms with Gasteiger partial charge in [-0.15, -0.1) is 0 Å². The lowest BCUT2D eigenvalue weighted by atomic mass is 10.1. The van der Waals surface area contributed by atoms with E-state index >= 15 is 0 Å². The van der Waals surface area contributed by atoms with Crippen LogP contribution in [0.1, 0.15) is 25.7 Å². The van der Waals surface area contributed by atoms with Crippen molar-refractivity contribution in [3.63, 3.8) is 0 Å². The zero-order valence-corrected chi connectivity index (χ0v) is 9.19. The quantitative estimate of drug-likeness (QED) is 0.787. The third kappa shape index (κ3) is 2.92. The number of ether oxygens (including phenoxy) is 1. The monoisotopic (exact) mass is 225 g/mol. The van der Waals surface area contributed by atoms with Gasteiger partial charge in [-0.25, -0.2) is 4.39 Å². The minimum Gasteiger partial charge on any atom is -0.378 e. The Kier molecular flexibility index (Phi) is 3.72. The van der Waals surface area contributed by atoms with Crippen LogP contribution in [0.3, 0.4) is 0 Å². The SMILES string of the molecule is O=c1ccc(F)cn1CCC1CCCCO1. The number of nitrogens with zero attached hydrogens (tertiary/aromatic N) is 1. The fourth-order valence-electron chi connectivity index (χ4n) is 2.00. The number of hydrogen-bond donors (Lipinski definition) is 0. The van der Waals surface area contributed by atoms with E-state index in [2.05, 4.69) is 0 Å². The molecule has 0 aliphatic carbocycles. The van der Waals surface area contributed by atoms with E-state index in [1.54, 1.807) is 0 Å². The van der Waals surface area contributed by atoms with E-state index in [9.17, 15) is 9.18 Å². The van der Waals surface area contributed by atoms with E-state index in [0.29, 0.717) is 6.54 Å². The summed E-state index contributed by atoms with van der Waals surface area (Å²) in [5.41, 5.74) is -0.155. The van der Waals surface area contributed by atoms with Gasteiger partial charge in [0.05, 0.1) is 6.10 Å². The molecule has 4 heteroatoms. The molecule has 1 aliphatic heterocycles. The van der Waals surface area contributed by atoms with Crippen molar-refractivity contribution < 1.29 is 9.13 Å². The Bertz CT molecular complexity index is 396. The average Bonchev–Trinajstić information content (AvgIpc) is 2.32. The number of hydrogen-bond acceptors (Lipinski definition) is 2. The van der Waals surface area contributed by atoms with Gasteiger partial charge in [0.15, 0.2) is 0 Å². The highest BCUT2D eigenvalue weighted by atomic mass is 19.1. The highest BCUT2D eigenvalue weighted by molar-refractivity contribution is 4.96.